The summed E-state index contributed by atoms with van der Waals surface area (Å²) in [6.07, 6.45) is 3.72. The first-order valence-electron chi connectivity index (χ1n) is 9.92. The van der Waals surface area contributed by atoms with Crippen molar-refractivity contribution in [3.8, 4) is 11.5 Å². The number of ether oxygens (including phenoxy) is 1. The van der Waals surface area contributed by atoms with Gasteiger partial charge in [-0.3, -0.25) is 4.79 Å². The Bertz CT molecular complexity index is 968. The number of amides is 1. The van der Waals surface area contributed by atoms with Crippen molar-refractivity contribution < 1.29 is 9.53 Å². The number of nitrogens with zero attached hydrogens (tertiary/aromatic N) is 3. The summed E-state index contributed by atoms with van der Waals surface area (Å²) in [5, 5.41) is 14.4. The van der Waals surface area contributed by atoms with Gasteiger partial charge in [-0.15, -0.1) is 17.5 Å². The molecular weight excluding hydrogens is 402 g/mol. The molecule has 4 rings (SSSR count). The molecule has 1 saturated heterocycles. The molecule has 3 aromatic rings. The Morgan fingerprint density at radius 3 is 2.67 bits per heavy atom. The van der Waals surface area contributed by atoms with Crippen LogP contribution < -0.4 is 15.4 Å². The van der Waals surface area contributed by atoms with Crippen LogP contribution in [-0.4, -0.2) is 34.0 Å². The van der Waals surface area contributed by atoms with E-state index >= 15 is 0 Å². The van der Waals surface area contributed by atoms with Crippen molar-refractivity contribution in [2.45, 2.75) is 32.4 Å². The van der Waals surface area contributed by atoms with Gasteiger partial charge >= 0.3 is 0 Å². The highest BCUT2D eigenvalue weighted by molar-refractivity contribution is 5.91. The Balaban J connectivity index is 0.00000256. The predicted molar refractivity (Wildman–Crippen MR) is 117 cm³/mol. The maximum absolute atomic E-state index is 12.5. The molecule has 0 atom stereocenters. The summed E-state index contributed by atoms with van der Waals surface area (Å²) in [4.78, 5) is 12.5. The van der Waals surface area contributed by atoms with Gasteiger partial charge in [0.25, 0.3) is 5.91 Å². The average Bonchev–Trinajstić information content (AvgIpc) is 3.26. The minimum atomic E-state index is -0.240. The summed E-state index contributed by atoms with van der Waals surface area (Å²) in [6.45, 7) is 4.31. The van der Waals surface area contributed by atoms with Crippen LogP contribution in [0.25, 0.3) is 0 Å². The van der Waals surface area contributed by atoms with E-state index in [1.54, 1.807) is 6.20 Å². The van der Waals surface area contributed by atoms with Crippen LogP contribution >= 0.6 is 12.4 Å². The van der Waals surface area contributed by atoms with Crippen LogP contribution in [0, 0.1) is 6.92 Å². The Morgan fingerprint density at radius 2 is 1.90 bits per heavy atom. The Hall–Kier alpha value is -2.90. The number of para-hydroxylation sites is 1. The van der Waals surface area contributed by atoms with E-state index < -0.39 is 0 Å². The van der Waals surface area contributed by atoms with Gasteiger partial charge in [0, 0.05) is 12.1 Å². The molecule has 0 radical (unpaired) electrons. The molecule has 158 valence electrons. The smallest absolute Gasteiger partial charge is 0.273 e. The molecule has 0 unspecified atom stereocenters. The zero-order chi connectivity index (χ0) is 20.1. The van der Waals surface area contributed by atoms with Crippen molar-refractivity contribution in [2.24, 2.45) is 0 Å². The van der Waals surface area contributed by atoms with Crippen LogP contribution in [0.2, 0.25) is 0 Å². The molecule has 0 saturated carbocycles. The molecule has 1 fully saturated rings. The minimum absolute atomic E-state index is 0. The molecule has 0 aliphatic carbocycles. The van der Waals surface area contributed by atoms with Crippen LogP contribution in [0.3, 0.4) is 0 Å². The maximum Gasteiger partial charge on any atom is 0.273 e. The Morgan fingerprint density at radius 1 is 1.17 bits per heavy atom. The Kier molecular flexibility index (Phi) is 7.43. The summed E-state index contributed by atoms with van der Waals surface area (Å²) in [6, 6.07) is 15.9. The molecule has 1 amide bonds. The van der Waals surface area contributed by atoms with Crippen LogP contribution in [-0.2, 0) is 6.54 Å². The summed E-state index contributed by atoms with van der Waals surface area (Å²) in [5.41, 5.74) is 2.41. The second kappa shape index (κ2) is 10.2. The number of hydrogen-bond donors (Lipinski definition) is 2. The molecule has 2 N–H and O–H groups in total. The van der Waals surface area contributed by atoms with Crippen molar-refractivity contribution in [3.63, 3.8) is 0 Å². The zero-order valence-corrected chi connectivity index (χ0v) is 17.7. The Labute approximate surface area is 182 Å². The fraction of sp³-hybridized carbons (Fsp3) is 0.318. The standard InChI is InChI=1S/C22H25N5O2.ClH/c1-16-6-8-19(9-7-16)29-21-5-3-2-4-17(21)14-24-22(28)20-15-27(26-25-20)18-10-12-23-13-11-18;/h2-9,15,18,23H,10-14H2,1H3,(H,24,28);1H. The quantitative estimate of drug-likeness (QED) is 0.627. The van der Waals surface area contributed by atoms with Crippen molar-refractivity contribution in [2.75, 3.05) is 13.1 Å². The largest absolute Gasteiger partial charge is 0.457 e. The zero-order valence-electron chi connectivity index (χ0n) is 16.9. The third kappa shape index (κ3) is 5.37. The van der Waals surface area contributed by atoms with Crippen LogP contribution in [0.4, 0.5) is 0 Å². The number of rotatable bonds is 6. The molecule has 0 spiro atoms. The van der Waals surface area contributed by atoms with E-state index in [0.29, 0.717) is 18.3 Å². The monoisotopic (exact) mass is 427 g/mol. The number of hydrogen-bond acceptors (Lipinski definition) is 5. The van der Waals surface area contributed by atoms with Crippen molar-refractivity contribution in [1.29, 1.82) is 0 Å². The number of aromatic nitrogens is 3. The lowest BCUT2D eigenvalue weighted by Gasteiger charge is -2.22. The van der Waals surface area contributed by atoms with E-state index in [-0.39, 0.29) is 18.3 Å². The highest BCUT2D eigenvalue weighted by Crippen LogP contribution is 2.25. The van der Waals surface area contributed by atoms with E-state index in [4.69, 9.17) is 4.74 Å². The summed E-state index contributed by atoms with van der Waals surface area (Å²) in [5.74, 6) is 1.24. The predicted octanol–water partition coefficient (Wildman–Crippen LogP) is 3.66. The number of aryl methyl sites for hydroxylation is 1. The highest BCUT2D eigenvalue weighted by atomic mass is 35.5. The molecule has 1 aromatic heterocycles. The number of nitrogens with one attached hydrogen (secondary N) is 2. The van der Waals surface area contributed by atoms with E-state index in [1.807, 2.05) is 60.1 Å². The molecule has 8 heteroatoms. The lowest BCUT2D eigenvalue weighted by Crippen LogP contribution is -2.29. The summed E-state index contributed by atoms with van der Waals surface area (Å²) >= 11 is 0. The van der Waals surface area contributed by atoms with Gasteiger partial charge in [0.15, 0.2) is 5.69 Å². The van der Waals surface area contributed by atoms with E-state index in [1.165, 1.54) is 5.56 Å². The van der Waals surface area contributed by atoms with Crippen molar-refractivity contribution in [3.05, 3.63) is 71.5 Å². The molecule has 0 bridgehead atoms. The molecular formula is C22H26ClN5O2. The molecule has 1 aliphatic rings. The minimum Gasteiger partial charge on any atom is -0.457 e. The van der Waals surface area contributed by atoms with Gasteiger partial charge in [-0.2, -0.15) is 0 Å². The van der Waals surface area contributed by atoms with Crippen LogP contribution in [0.15, 0.2) is 54.7 Å². The first-order chi connectivity index (χ1) is 14.2. The van der Waals surface area contributed by atoms with Gasteiger partial charge in [-0.05, 0) is 51.1 Å². The molecule has 1 aliphatic heterocycles. The fourth-order valence-electron chi connectivity index (χ4n) is 3.38. The van der Waals surface area contributed by atoms with Gasteiger partial charge in [-0.25, -0.2) is 4.68 Å². The molecule has 2 heterocycles. The molecule has 2 aromatic carbocycles. The second-order valence-corrected chi connectivity index (χ2v) is 7.27. The topological polar surface area (TPSA) is 81.1 Å². The number of benzene rings is 2. The van der Waals surface area contributed by atoms with Crippen molar-refractivity contribution >= 4 is 18.3 Å². The van der Waals surface area contributed by atoms with E-state index in [2.05, 4.69) is 20.9 Å². The third-order valence-electron chi connectivity index (χ3n) is 5.09. The van der Waals surface area contributed by atoms with Gasteiger partial charge in [0.2, 0.25) is 0 Å². The van der Waals surface area contributed by atoms with E-state index in [0.717, 1.165) is 43.0 Å². The highest BCUT2D eigenvalue weighted by Gasteiger charge is 2.19. The number of carbonyl (C=O) groups excluding carboxylic acids is 1. The first-order valence-corrected chi connectivity index (χ1v) is 9.92. The third-order valence-corrected chi connectivity index (χ3v) is 5.09. The normalized spacial score (nSPS) is 14.0. The van der Waals surface area contributed by atoms with Crippen LogP contribution in [0.5, 0.6) is 11.5 Å². The van der Waals surface area contributed by atoms with E-state index in [9.17, 15) is 4.79 Å². The maximum atomic E-state index is 12.5. The first kappa shape index (κ1) is 21.8. The van der Waals surface area contributed by atoms with Gasteiger partial charge < -0.3 is 15.4 Å². The van der Waals surface area contributed by atoms with Crippen molar-refractivity contribution in [1.82, 2.24) is 25.6 Å². The molecule has 30 heavy (non-hydrogen) atoms. The lowest BCUT2D eigenvalue weighted by molar-refractivity contribution is 0.0945. The van der Waals surface area contributed by atoms with Crippen LogP contribution in [0.1, 0.15) is 40.5 Å². The van der Waals surface area contributed by atoms with Gasteiger partial charge in [-0.1, -0.05) is 41.1 Å². The number of halogens is 1. The fourth-order valence-corrected chi connectivity index (χ4v) is 3.38. The summed E-state index contributed by atoms with van der Waals surface area (Å²) in [7, 11) is 0. The second-order valence-electron chi connectivity index (χ2n) is 7.27. The lowest BCUT2D eigenvalue weighted by atomic mass is 10.1. The molecule has 7 nitrogen and oxygen atoms in total. The van der Waals surface area contributed by atoms with Gasteiger partial charge in [0.05, 0.1) is 12.2 Å². The summed E-state index contributed by atoms with van der Waals surface area (Å²) < 4.78 is 7.81. The SMILES string of the molecule is Cc1ccc(Oc2ccccc2CNC(=O)c2cn(C3CCNCC3)nn2)cc1.Cl. The van der Waals surface area contributed by atoms with Gasteiger partial charge in [0.1, 0.15) is 11.5 Å². The number of carbonyl (C=O) groups is 1. The average molecular weight is 428 g/mol. The number of piperidine rings is 1.